The zero-order valence-electron chi connectivity index (χ0n) is 16.4. The van der Waals surface area contributed by atoms with Crippen molar-refractivity contribution >= 4 is 38.9 Å². The van der Waals surface area contributed by atoms with E-state index in [0.29, 0.717) is 21.8 Å². The third-order valence-corrected chi connectivity index (χ3v) is 6.75. The third-order valence-electron chi connectivity index (χ3n) is 4.98. The minimum Gasteiger partial charge on any atom is -0.475 e. The highest BCUT2D eigenvalue weighted by Crippen LogP contribution is 2.35. The molecule has 0 aliphatic heterocycles. The summed E-state index contributed by atoms with van der Waals surface area (Å²) in [6, 6.07) is 14.7. The molecular weight excluding hydrogens is 432 g/mol. The molecule has 1 aromatic carbocycles. The fourth-order valence-electron chi connectivity index (χ4n) is 3.44. The van der Waals surface area contributed by atoms with Crippen molar-refractivity contribution in [3.05, 3.63) is 86.7 Å². The summed E-state index contributed by atoms with van der Waals surface area (Å²) in [5.41, 5.74) is 2.59. The van der Waals surface area contributed by atoms with Crippen LogP contribution in [0.4, 0.5) is 0 Å². The lowest BCUT2D eigenvalue weighted by Crippen LogP contribution is -2.23. The summed E-state index contributed by atoms with van der Waals surface area (Å²) in [7, 11) is 0. The molecule has 6 nitrogen and oxygen atoms in total. The third kappa shape index (κ3) is 3.49. The summed E-state index contributed by atoms with van der Waals surface area (Å²) in [6.07, 6.45) is 0. The summed E-state index contributed by atoms with van der Waals surface area (Å²) < 4.78 is 6.98. The Bertz CT molecular complexity index is 1460. The van der Waals surface area contributed by atoms with Crippen molar-refractivity contribution in [1.29, 1.82) is 0 Å². The number of rotatable bonds is 5. The first-order valence-corrected chi connectivity index (χ1v) is 11.2. The first-order valence-electron chi connectivity index (χ1n) is 9.46. The fourth-order valence-corrected chi connectivity index (χ4v) is 5.19. The monoisotopic (exact) mass is 448 g/mol. The van der Waals surface area contributed by atoms with Gasteiger partial charge >= 0.3 is 5.97 Å². The topological polar surface area (TPSA) is 85.3 Å². The molecule has 154 valence electrons. The van der Waals surface area contributed by atoms with E-state index in [0.717, 1.165) is 21.6 Å². The molecule has 0 aliphatic rings. The number of aromatic carboxylic acids is 1. The van der Waals surface area contributed by atoms with Crippen LogP contribution in [0.25, 0.3) is 32.0 Å². The van der Waals surface area contributed by atoms with Crippen molar-refractivity contribution in [2.24, 2.45) is 0 Å². The van der Waals surface area contributed by atoms with Gasteiger partial charge in [-0.3, -0.25) is 9.36 Å². The Morgan fingerprint density at radius 3 is 2.61 bits per heavy atom. The van der Waals surface area contributed by atoms with Gasteiger partial charge in [-0.05, 0) is 30.5 Å². The van der Waals surface area contributed by atoms with Crippen LogP contribution in [0.2, 0.25) is 0 Å². The van der Waals surface area contributed by atoms with Crippen LogP contribution in [0, 0.1) is 6.92 Å². The Hall–Kier alpha value is -3.49. The number of aryl methyl sites for hydroxylation is 1. The standard InChI is InChI=1S/C23H16N2O4S2/c1-13-4-6-14(7-5-13)20-24-21-19(16(12-31-21)18-3-2-10-30-18)22(26)25(20)11-15-8-9-17(29-15)23(27)28/h2-10,12H,11H2,1H3,(H,27,28). The van der Waals surface area contributed by atoms with Crippen molar-refractivity contribution in [3.8, 4) is 21.8 Å². The molecule has 0 radical (unpaired) electrons. The summed E-state index contributed by atoms with van der Waals surface area (Å²) in [5.74, 6) is -0.417. The normalized spacial score (nSPS) is 11.3. The number of hydrogen-bond acceptors (Lipinski definition) is 6. The smallest absolute Gasteiger partial charge is 0.371 e. The van der Waals surface area contributed by atoms with Gasteiger partial charge in [-0.15, -0.1) is 22.7 Å². The van der Waals surface area contributed by atoms with E-state index in [1.807, 2.05) is 54.1 Å². The second-order valence-electron chi connectivity index (χ2n) is 7.07. The summed E-state index contributed by atoms with van der Waals surface area (Å²) in [6.45, 7) is 2.08. The highest BCUT2D eigenvalue weighted by molar-refractivity contribution is 7.18. The number of hydrogen-bond donors (Lipinski definition) is 1. The number of fused-ring (bicyclic) bond motifs is 1. The molecule has 0 saturated heterocycles. The molecule has 0 fully saturated rings. The molecule has 31 heavy (non-hydrogen) atoms. The average Bonchev–Trinajstić information content (AvgIpc) is 3.51. The predicted octanol–water partition coefficient (Wildman–Crippen LogP) is 5.50. The van der Waals surface area contributed by atoms with E-state index < -0.39 is 5.97 Å². The number of thiophene rings is 2. The van der Waals surface area contributed by atoms with Crippen LogP contribution in [0.5, 0.6) is 0 Å². The van der Waals surface area contributed by atoms with Gasteiger partial charge in [-0.2, -0.15) is 0 Å². The van der Waals surface area contributed by atoms with Gasteiger partial charge in [0.15, 0.2) is 0 Å². The van der Waals surface area contributed by atoms with Gasteiger partial charge in [-0.1, -0.05) is 35.9 Å². The number of nitrogens with zero attached hydrogens (tertiary/aromatic N) is 2. The largest absolute Gasteiger partial charge is 0.475 e. The number of carbonyl (C=O) groups is 1. The zero-order chi connectivity index (χ0) is 21.5. The minimum absolute atomic E-state index is 0.0813. The number of aromatic nitrogens is 2. The van der Waals surface area contributed by atoms with E-state index in [4.69, 9.17) is 14.5 Å². The lowest BCUT2D eigenvalue weighted by Gasteiger charge is -2.12. The van der Waals surface area contributed by atoms with Gasteiger partial charge < -0.3 is 9.52 Å². The molecule has 0 amide bonds. The van der Waals surface area contributed by atoms with Crippen molar-refractivity contribution in [1.82, 2.24) is 9.55 Å². The molecule has 5 rings (SSSR count). The number of carboxylic acid groups (broad SMARTS) is 1. The maximum Gasteiger partial charge on any atom is 0.371 e. The summed E-state index contributed by atoms with van der Waals surface area (Å²) in [4.78, 5) is 31.4. The molecule has 1 N–H and O–H groups in total. The second kappa shape index (κ2) is 7.64. The molecule has 5 aromatic rings. The van der Waals surface area contributed by atoms with E-state index in [1.165, 1.54) is 17.4 Å². The maximum atomic E-state index is 13.7. The Morgan fingerprint density at radius 1 is 1.13 bits per heavy atom. The van der Waals surface area contributed by atoms with E-state index >= 15 is 0 Å². The molecule has 0 bridgehead atoms. The SMILES string of the molecule is Cc1ccc(-c2nc3scc(-c4cccs4)c3c(=O)n2Cc2ccc(C(=O)O)o2)cc1. The Balaban J connectivity index is 1.74. The number of carboxylic acids is 1. The molecular formula is C23H16N2O4S2. The lowest BCUT2D eigenvalue weighted by molar-refractivity contribution is 0.0660. The predicted molar refractivity (Wildman–Crippen MR) is 122 cm³/mol. The van der Waals surface area contributed by atoms with Gasteiger partial charge in [0.2, 0.25) is 5.76 Å². The Morgan fingerprint density at radius 2 is 1.94 bits per heavy atom. The van der Waals surface area contributed by atoms with Crippen molar-refractivity contribution < 1.29 is 14.3 Å². The van der Waals surface area contributed by atoms with Gasteiger partial charge in [0, 0.05) is 21.4 Å². The number of benzene rings is 1. The van der Waals surface area contributed by atoms with Gasteiger partial charge in [0.25, 0.3) is 5.56 Å². The first kappa shape index (κ1) is 19.5. The van der Waals surface area contributed by atoms with Crippen LogP contribution in [0.1, 0.15) is 21.9 Å². The lowest BCUT2D eigenvalue weighted by atomic mass is 10.1. The minimum atomic E-state index is -1.15. The van der Waals surface area contributed by atoms with E-state index in [9.17, 15) is 9.59 Å². The summed E-state index contributed by atoms with van der Waals surface area (Å²) >= 11 is 3.01. The van der Waals surface area contributed by atoms with E-state index in [1.54, 1.807) is 22.0 Å². The first-order chi connectivity index (χ1) is 15.0. The fraction of sp³-hybridized carbons (Fsp3) is 0.0870. The van der Waals surface area contributed by atoms with Crippen LogP contribution < -0.4 is 5.56 Å². The second-order valence-corrected chi connectivity index (χ2v) is 8.88. The van der Waals surface area contributed by atoms with Gasteiger partial charge in [0.1, 0.15) is 16.4 Å². The zero-order valence-corrected chi connectivity index (χ0v) is 18.0. The molecule has 4 heterocycles. The molecule has 0 unspecified atom stereocenters. The highest BCUT2D eigenvalue weighted by atomic mass is 32.1. The molecule has 0 atom stereocenters. The molecule has 0 aliphatic carbocycles. The van der Waals surface area contributed by atoms with E-state index in [2.05, 4.69) is 0 Å². The van der Waals surface area contributed by atoms with Gasteiger partial charge in [-0.25, -0.2) is 9.78 Å². The highest BCUT2D eigenvalue weighted by Gasteiger charge is 2.20. The Kier molecular flexibility index (Phi) is 4.80. The van der Waals surface area contributed by atoms with Crippen LogP contribution in [0.3, 0.4) is 0 Å². The quantitative estimate of drug-likeness (QED) is 0.384. The van der Waals surface area contributed by atoms with Crippen molar-refractivity contribution in [3.63, 3.8) is 0 Å². The van der Waals surface area contributed by atoms with Crippen molar-refractivity contribution in [2.45, 2.75) is 13.5 Å². The number of furan rings is 1. The molecule has 8 heteroatoms. The van der Waals surface area contributed by atoms with Crippen LogP contribution in [-0.2, 0) is 6.54 Å². The van der Waals surface area contributed by atoms with Gasteiger partial charge in [0.05, 0.1) is 11.9 Å². The summed E-state index contributed by atoms with van der Waals surface area (Å²) in [5, 5.41) is 13.7. The van der Waals surface area contributed by atoms with E-state index in [-0.39, 0.29) is 17.9 Å². The van der Waals surface area contributed by atoms with Crippen LogP contribution in [-0.4, -0.2) is 20.6 Å². The average molecular weight is 449 g/mol. The Labute approximate surface area is 184 Å². The molecule has 0 spiro atoms. The van der Waals surface area contributed by atoms with Crippen LogP contribution in [0.15, 0.2) is 68.5 Å². The van der Waals surface area contributed by atoms with Crippen molar-refractivity contribution in [2.75, 3.05) is 0 Å². The maximum absolute atomic E-state index is 13.7. The molecule has 4 aromatic heterocycles. The molecule has 0 saturated carbocycles. The van der Waals surface area contributed by atoms with Crippen LogP contribution >= 0.6 is 22.7 Å².